The van der Waals surface area contributed by atoms with Crippen LogP contribution in [0, 0.1) is 10.7 Å². The molecule has 0 aliphatic heterocycles. The van der Waals surface area contributed by atoms with Crippen molar-refractivity contribution in [2.24, 2.45) is 5.16 Å². The van der Waals surface area contributed by atoms with Crippen molar-refractivity contribution in [3.63, 3.8) is 0 Å². The second-order valence-corrected chi connectivity index (χ2v) is 13.2. The summed E-state index contributed by atoms with van der Waals surface area (Å²) in [6.07, 6.45) is 1.28. The first kappa shape index (κ1) is 11.6. The summed E-state index contributed by atoms with van der Waals surface area (Å²) < 4.78 is 3.31. The topological polar surface area (TPSA) is 32.6 Å². The summed E-state index contributed by atoms with van der Waals surface area (Å²) in [5.74, 6) is 2.82. The van der Waals surface area contributed by atoms with Crippen molar-refractivity contribution in [3.8, 4) is 10.7 Å². The summed E-state index contributed by atoms with van der Waals surface area (Å²) in [6.45, 7) is 6.66. The van der Waals surface area contributed by atoms with Crippen molar-refractivity contribution in [1.82, 2.24) is 0 Å². The van der Waals surface area contributed by atoms with Crippen LogP contribution in [0.5, 0.6) is 0 Å². The van der Waals surface area contributed by atoms with Gasteiger partial charge in [0.1, 0.15) is 0 Å². The maximum atomic E-state index is 8.17. The van der Waals surface area contributed by atoms with E-state index in [4.69, 9.17) is 5.21 Å². The van der Waals surface area contributed by atoms with Crippen molar-refractivity contribution in [3.05, 3.63) is 0 Å². The van der Waals surface area contributed by atoms with Crippen LogP contribution in [-0.2, 0) is 0 Å². The summed E-state index contributed by atoms with van der Waals surface area (Å²) in [6, 6.07) is 0. The number of oxime groups is 1. The molecule has 0 aromatic heterocycles. The predicted molar refractivity (Wildman–Crippen MR) is 55.3 cm³/mol. The van der Waals surface area contributed by atoms with Crippen LogP contribution >= 0.6 is 0 Å². The van der Waals surface area contributed by atoms with Crippen molar-refractivity contribution >= 4 is 19.5 Å². The van der Waals surface area contributed by atoms with E-state index in [1.165, 1.54) is 22.0 Å². The molecule has 12 heavy (non-hydrogen) atoms. The SMILES string of the molecule is C[CH2][Ge]([C]#CC=NO)([CH2]C)[CH2]C. The Morgan fingerprint density at radius 3 is 2.08 bits per heavy atom. The zero-order valence-electron chi connectivity index (χ0n) is 8.09. The molecule has 0 atom stereocenters. The summed E-state index contributed by atoms with van der Waals surface area (Å²) in [5.41, 5.74) is 0. The quantitative estimate of drug-likeness (QED) is 0.260. The summed E-state index contributed by atoms with van der Waals surface area (Å²) in [7, 11) is 0. The molecule has 0 aliphatic carbocycles. The van der Waals surface area contributed by atoms with Gasteiger partial charge in [0.15, 0.2) is 0 Å². The Balaban J connectivity index is 4.42. The molecular formula is C9H17GeNO. The van der Waals surface area contributed by atoms with Crippen LogP contribution in [0.2, 0.25) is 15.8 Å². The summed E-state index contributed by atoms with van der Waals surface area (Å²) in [4.78, 5) is 0. The van der Waals surface area contributed by atoms with Crippen LogP contribution in [0.1, 0.15) is 20.8 Å². The van der Waals surface area contributed by atoms with Gasteiger partial charge in [-0.25, -0.2) is 0 Å². The first-order valence-corrected chi connectivity index (χ1v) is 9.93. The van der Waals surface area contributed by atoms with Crippen LogP contribution in [0.25, 0.3) is 0 Å². The zero-order chi connectivity index (χ0) is 9.45. The molecule has 68 valence electrons. The molecule has 0 bridgehead atoms. The standard InChI is InChI=1S/C9H17GeNO/c1-4-10(5-2,6-3)8-7-9-11-12/h9,12H,4-6H2,1-3H3. The van der Waals surface area contributed by atoms with E-state index in [9.17, 15) is 0 Å². The van der Waals surface area contributed by atoms with Gasteiger partial charge in [-0.15, -0.1) is 0 Å². The Morgan fingerprint density at radius 2 is 1.75 bits per heavy atom. The summed E-state index contributed by atoms with van der Waals surface area (Å²) >= 11 is -1.82. The second-order valence-electron chi connectivity index (χ2n) is 2.85. The van der Waals surface area contributed by atoms with Crippen LogP contribution in [0.3, 0.4) is 0 Å². The third kappa shape index (κ3) is 3.31. The average Bonchev–Trinajstić information content (AvgIpc) is 2.14. The molecule has 1 N–H and O–H groups in total. The van der Waals surface area contributed by atoms with Gasteiger partial charge in [-0.3, -0.25) is 0 Å². The number of rotatable bonds is 3. The molecule has 3 heteroatoms. The molecule has 0 spiro atoms. The van der Waals surface area contributed by atoms with Crippen molar-refractivity contribution in [2.45, 2.75) is 36.5 Å². The molecule has 0 amide bonds. The van der Waals surface area contributed by atoms with Crippen molar-refractivity contribution < 1.29 is 5.21 Å². The third-order valence-electron chi connectivity index (χ3n) is 2.49. The van der Waals surface area contributed by atoms with E-state index in [1.54, 1.807) is 0 Å². The number of hydrogen-bond donors (Lipinski definition) is 1. The molecule has 0 unspecified atom stereocenters. The molecule has 0 rings (SSSR count). The fourth-order valence-electron chi connectivity index (χ4n) is 1.23. The van der Waals surface area contributed by atoms with Crippen LogP contribution < -0.4 is 0 Å². The average molecular weight is 228 g/mol. The van der Waals surface area contributed by atoms with Gasteiger partial charge in [-0.1, -0.05) is 0 Å². The molecule has 0 saturated carbocycles. The van der Waals surface area contributed by atoms with Gasteiger partial charge in [0.25, 0.3) is 0 Å². The maximum absolute atomic E-state index is 8.17. The Kier molecular flexibility index (Phi) is 5.91. The van der Waals surface area contributed by atoms with Gasteiger partial charge < -0.3 is 0 Å². The van der Waals surface area contributed by atoms with Gasteiger partial charge in [-0.05, 0) is 0 Å². The Labute approximate surface area is 77.4 Å². The molecular weight excluding hydrogens is 211 g/mol. The molecule has 0 aromatic carbocycles. The van der Waals surface area contributed by atoms with E-state index in [1.807, 2.05) is 0 Å². The molecule has 0 aliphatic rings. The Morgan fingerprint density at radius 1 is 1.25 bits per heavy atom. The minimum absolute atomic E-state index is 1.24. The zero-order valence-corrected chi connectivity index (χ0v) is 10.2. The fourth-order valence-corrected chi connectivity index (χ4v) is 6.27. The molecule has 0 saturated heterocycles. The monoisotopic (exact) mass is 229 g/mol. The van der Waals surface area contributed by atoms with E-state index in [0.717, 1.165) is 0 Å². The van der Waals surface area contributed by atoms with Crippen molar-refractivity contribution in [2.75, 3.05) is 0 Å². The molecule has 0 heterocycles. The van der Waals surface area contributed by atoms with Crippen LogP contribution in [0.4, 0.5) is 0 Å². The first-order chi connectivity index (χ1) is 5.74. The van der Waals surface area contributed by atoms with Gasteiger partial charge in [-0.2, -0.15) is 0 Å². The van der Waals surface area contributed by atoms with E-state index >= 15 is 0 Å². The molecule has 0 aromatic rings. The van der Waals surface area contributed by atoms with Gasteiger partial charge in [0.2, 0.25) is 0 Å². The molecule has 2 nitrogen and oxygen atoms in total. The minimum atomic E-state index is -1.82. The summed E-state index contributed by atoms with van der Waals surface area (Å²) in [5, 5.41) is 14.7. The molecule has 0 radical (unpaired) electrons. The van der Waals surface area contributed by atoms with E-state index < -0.39 is 13.3 Å². The normalized spacial score (nSPS) is 11.2. The number of hydrogen-bond acceptors (Lipinski definition) is 2. The van der Waals surface area contributed by atoms with Crippen molar-refractivity contribution in [1.29, 1.82) is 0 Å². The predicted octanol–water partition coefficient (Wildman–Crippen LogP) is 2.50. The second kappa shape index (κ2) is 6.13. The number of nitrogens with zero attached hydrogens (tertiary/aromatic N) is 1. The Bertz CT molecular complexity index is 190. The van der Waals surface area contributed by atoms with E-state index in [0.29, 0.717) is 0 Å². The first-order valence-electron chi connectivity index (χ1n) is 4.43. The van der Waals surface area contributed by atoms with Crippen LogP contribution in [-0.4, -0.2) is 24.7 Å². The van der Waals surface area contributed by atoms with E-state index in [-0.39, 0.29) is 0 Å². The molecule has 0 fully saturated rings. The fraction of sp³-hybridized carbons (Fsp3) is 0.667. The van der Waals surface area contributed by atoms with Gasteiger partial charge >= 0.3 is 77.0 Å². The van der Waals surface area contributed by atoms with Crippen LogP contribution in [0.15, 0.2) is 5.16 Å². The van der Waals surface area contributed by atoms with E-state index in [2.05, 4.69) is 36.6 Å². The van der Waals surface area contributed by atoms with Gasteiger partial charge in [0.05, 0.1) is 0 Å². The Hall–Kier alpha value is -0.427. The third-order valence-corrected chi connectivity index (χ3v) is 12.4. The van der Waals surface area contributed by atoms with Gasteiger partial charge in [0, 0.05) is 0 Å².